The second-order valence-electron chi connectivity index (χ2n) is 6.10. The van der Waals surface area contributed by atoms with Gasteiger partial charge in [0, 0.05) is 25.8 Å². The number of thiocarbonyl (C=S) groups is 1. The van der Waals surface area contributed by atoms with Gasteiger partial charge in [-0.25, -0.2) is 4.68 Å². The number of fused-ring (bicyclic) bond motifs is 1. The molecule has 1 amide bonds. The van der Waals surface area contributed by atoms with E-state index in [1.165, 1.54) is 14.0 Å². The van der Waals surface area contributed by atoms with Gasteiger partial charge in [0.15, 0.2) is 10.8 Å². The molecule has 0 spiro atoms. The molecule has 1 aromatic rings. The zero-order valence-electron chi connectivity index (χ0n) is 14.9. The maximum absolute atomic E-state index is 13.9. The molecule has 4 N–H and O–H groups in total. The first-order valence-electron chi connectivity index (χ1n) is 8.11. The molecule has 8 nitrogen and oxygen atoms in total. The van der Waals surface area contributed by atoms with Crippen LogP contribution in [0.5, 0.6) is 0 Å². The summed E-state index contributed by atoms with van der Waals surface area (Å²) in [4.78, 5) is 12.1. The monoisotopic (exact) mass is 430 g/mol. The molecule has 1 aliphatic heterocycles. The van der Waals surface area contributed by atoms with Gasteiger partial charge in [0.2, 0.25) is 0 Å². The molecule has 28 heavy (non-hydrogen) atoms. The van der Waals surface area contributed by atoms with Crippen LogP contribution in [0.4, 0.5) is 27.8 Å². The first kappa shape index (κ1) is 22.1. The molecule has 2 heterocycles. The van der Waals surface area contributed by atoms with E-state index in [4.69, 9.17) is 17.0 Å². The van der Waals surface area contributed by atoms with Gasteiger partial charge in [0.1, 0.15) is 11.9 Å². The molecule has 1 aliphatic rings. The lowest BCUT2D eigenvalue weighted by Crippen LogP contribution is -2.49. The smallest absolute Gasteiger partial charge is 0.383 e. The summed E-state index contributed by atoms with van der Waals surface area (Å²) < 4.78 is 71.6. The third-order valence-electron chi connectivity index (χ3n) is 3.91. The van der Waals surface area contributed by atoms with Crippen molar-refractivity contribution in [2.75, 3.05) is 25.6 Å². The van der Waals surface area contributed by atoms with Gasteiger partial charge in [-0.15, -0.1) is 0 Å². The summed E-state index contributed by atoms with van der Waals surface area (Å²) in [6.07, 6.45) is -6.27. The van der Waals surface area contributed by atoms with Crippen LogP contribution in [0.15, 0.2) is 6.07 Å². The van der Waals surface area contributed by atoms with E-state index in [1.54, 1.807) is 0 Å². The number of nitrogens with zero attached hydrogens (tertiary/aromatic N) is 2. The number of hydrogen-bond acceptors (Lipinski definition) is 5. The van der Waals surface area contributed by atoms with Crippen molar-refractivity contribution in [2.24, 2.45) is 0 Å². The van der Waals surface area contributed by atoms with Crippen molar-refractivity contribution < 1.29 is 31.5 Å². The van der Waals surface area contributed by atoms with Crippen molar-refractivity contribution in [3.8, 4) is 0 Å². The highest BCUT2D eigenvalue weighted by Crippen LogP contribution is 2.47. The van der Waals surface area contributed by atoms with Crippen LogP contribution in [-0.4, -0.2) is 59.2 Å². The number of aromatic nitrogens is 2. The predicted molar refractivity (Wildman–Crippen MR) is 93.0 cm³/mol. The van der Waals surface area contributed by atoms with Crippen molar-refractivity contribution in [1.82, 2.24) is 25.9 Å². The van der Waals surface area contributed by atoms with Crippen LogP contribution in [0.25, 0.3) is 0 Å². The number of methoxy groups -OCH3 is 1. The van der Waals surface area contributed by atoms with Gasteiger partial charge in [0.05, 0.1) is 6.61 Å². The van der Waals surface area contributed by atoms with Crippen LogP contribution in [0, 0.1) is 0 Å². The molecule has 0 saturated carbocycles. The van der Waals surface area contributed by atoms with Crippen molar-refractivity contribution in [3.05, 3.63) is 11.8 Å². The van der Waals surface area contributed by atoms with Crippen molar-refractivity contribution in [2.45, 2.75) is 37.5 Å². The fourth-order valence-corrected chi connectivity index (χ4v) is 2.73. The Morgan fingerprint density at radius 3 is 2.68 bits per heavy atom. The van der Waals surface area contributed by atoms with Gasteiger partial charge in [-0.05, 0) is 25.6 Å². The highest BCUT2D eigenvalue weighted by Gasteiger charge is 2.64. The lowest BCUT2D eigenvalue weighted by Gasteiger charge is -2.35. The number of amides is 1. The Bertz CT molecular complexity index is 726. The fourth-order valence-electron chi connectivity index (χ4n) is 2.58. The summed E-state index contributed by atoms with van der Waals surface area (Å²) in [6, 6.07) is -1.85. The second-order valence-corrected chi connectivity index (χ2v) is 6.51. The minimum atomic E-state index is -5.75. The number of hydrazine groups is 1. The molecular formula is C14H19F5N6O2S. The number of hydrogen-bond donors (Lipinski definition) is 4. The first-order chi connectivity index (χ1) is 13.0. The second kappa shape index (κ2) is 8.43. The number of carbonyl (C=O) groups excluding carboxylic acids is 1. The Morgan fingerprint density at radius 1 is 1.39 bits per heavy atom. The van der Waals surface area contributed by atoms with E-state index in [-0.39, 0.29) is 16.6 Å². The minimum Gasteiger partial charge on any atom is -0.383 e. The lowest BCUT2D eigenvalue weighted by molar-refractivity contribution is -0.301. The van der Waals surface area contributed by atoms with Crippen LogP contribution in [0.1, 0.15) is 29.9 Å². The highest BCUT2D eigenvalue weighted by molar-refractivity contribution is 7.80. The Balaban J connectivity index is 2.13. The molecule has 1 aromatic heterocycles. The Kier molecular flexibility index (Phi) is 6.64. The molecule has 0 radical (unpaired) electrons. The first-order valence-corrected chi connectivity index (χ1v) is 8.52. The summed E-state index contributed by atoms with van der Waals surface area (Å²) in [6.45, 7) is 2.19. The summed E-state index contributed by atoms with van der Waals surface area (Å²) >= 11 is 4.89. The van der Waals surface area contributed by atoms with E-state index >= 15 is 0 Å². The normalized spacial score (nSPS) is 19.4. The summed E-state index contributed by atoms with van der Waals surface area (Å²) in [5, 5.41) is 9.14. The van der Waals surface area contributed by atoms with Crippen molar-refractivity contribution in [3.63, 3.8) is 0 Å². The quantitative estimate of drug-likeness (QED) is 0.244. The molecule has 0 saturated heterocycles. The average molecular weight is 430 g/mol. The third-order valence-corrected chi connectivity index (χ3v) is 4.16. The summed E-state index contributed by atoms with van der Waals surface area (Å²) in [7, 11) is 1.49. The standard InChI is InChI=1S/C14H19F5N6O2S/c1-7-5-9(13(15,16)14(17,18)19)25-10(21-7)6-8(24-25)11(26)22-23-12(28)20-3-4-27-2/h6-7,9,21H,3-5H2,1-2H3,(H,22,26)(H2,20,23,28)/t7-,9-/m0/s1. The SMILES string of the molecule is COCCNC(=S)NNC(=O)c1cc2n(n1)[C@H](C(F)(F)C(F)(F)F)C[C@H](C)N2. The van der Waals surface area contributed by atoms with E-state index in [2.05, 4.69) is 26.6 Å². The minimum absolute atomic E-state index is 0.0580. The van der Waals surface area contributed by atoms with Gasteiger partial charge in [-0.3, -0.25) is 15.6 Å². The van der Waals surface area contributed by atoms with Gasteiger partial charge in [-0.1, -0.05) is 0 Å². The summed E-state index contributed by atoms with van der Waals surface area (Å²) in [5.74, 6) is -5.98. The van der Waals surface area contributed by atoms with Crippen LogP contribution in [0.2, 0.25) is 0 Å². The maximum atomic E-state index is 13.9. The zero-order valence-corrected chi connectivity index (χ0v) is 15.7. The van der Waals surface area contributed by atoms with Crippen LogP contribution in [-0.2, 0) is 4.74 Å². The number of nitrogens with one attached hydrogen (secondary N) is 4. The molecule has 158 valence electrons. The predicted octanol–water partition coefficient (Wildman–Crippen LogP) is 1.58. The Labute approximate surface area is 162 Å². The van der Waals surface area contributed by atoms with E-state index < -0.39 is 36.5 Å². The van der Waals surface area contributed by atoms with Gasteiger partial charge in [-0.2, -0.15) is 27.1 Å². The van der Waals surface area contributed by atoms with Crippen LogP contribution >= 0.6 is 12.2 Å². The Morgan fingerprint density at radius 2 is 2.07 bits per heavy atom. The highest BCUT2D eigenvalue weighted by atomic mass is 32.1. The molecule has 14 heteroatoms. The number of halogens is 5. The lowest BCUT2D eigenvalue weighted by atomic mass is 9.99. The van der Waals surface area contributed by atoms with E-state index in [0.29, 0.717) is 17.8 Å². The molecule has 2 atom stereocenters. The molecule has 0 aromatic carbocycles. The van der Waals surface area contributed by atoms with E-state index in [0.717, 1.165) is 6.07 Å². The number of rotatable bonds is 5. The average Bonchev–Trinajstić information content (AvgIpc) is 3.01. The largest absolute Gasteiger partial charge is 0.455 e. The molecule has 0 aliphatic carbocycles. The van der Waals surface area contributed by atoms with Gasteiger partial charge < -0.3 is 15.4 Å². The maximum Gasteiger partial charge on any atom is 0.455 e. The third kappa shape index (κ3) is 4.79. The number of anilines is 1. The number of ether oxygens (including phenoxy) is 1. The van der Waals surface area contributed by atoms with E-state index in [1.807, 2.05) is 0 Å². The van der Waals surface area contributed by atoms with Crippen LogP contribution < -0.4 is 21.5 Å². The van der Waals surface area contributed by atoms with E-state index in [9.17, 15) is 26.7 Å². The molecular weight excluding hydrogens is 411 g/mol. The molecule has 0 bridgehead atoms. The number of alkyl halides is 5. The summed E-state index contributed by atoms with van der Waals surface area (Å²) in [5.41, 5.74) is 4.19. The number of carbonyl (C=O) groups is 1. The van der Waals surface area contributed by atoms with Gasteiger partial charge in [0.25, 0.3) is 5.91 Å². The topological polar surface area (TPSA) is 92.2 Å². The molecule has 0 fully saturated rings. The Hall–Kier alpha value is -2.22. The zero-order chi connectivity index (χ0) is 21.1. The van der Waals surface area contributed by atoms with Crippen molar-refractivity contribution >= 4 is 29.1 Å². The molecule has 2 rings (SSSR count). The van der Waals surface area contributed by atoms with Crippen LogP contribution in [0.3, 0.4) is 0 Å². The molecule has 0 unspecified atom stereocenters. The fraction of sp³-hybridized carbons (Fsp3) is 0.643. The van der Waals surface area contributed by atoms with Crippen molar-refractivity contribution in [1.29, 1.82) is 0 Å². The van der Waals surface area contributed by atoms with Gasteiger partial charge >= 0.3 is 12.1 Å².